The van der Waals surface area contributed by atoms with E-state index in [0.717, 1.165) is 15.7 Å². The number of para-hydroxylation sites is 1. The molecule has 0 radical (unpaired) electrons. The number of rotatable bonds is 7. The van der Waals surface area contributed by atoms with E-state index in [4.69, 9.17) is 21.1 Å². The van der Waals surface area contributed by atoms with Crippen LogP contribution in [0, 0.1) is 0 Å². The third kappa shape index (κ3) is 4.62. The molecule has 3 aromatic rings. The van der Waals surface area contributed by atoms with Crippen molar-refractivity contribution in [3.8, 4) is 5.75 Å². The van der Waals surface area contributed by atoms with Gasteiger partial charge in [-0.1, -0.05) is 48.0 Å². The fraction of sp³-hybridized carbons (Fsp3) is 0.143. The summed E-state index contributed by atoms with van der Waals surface area (Å²) in [6, 6.07) is 18.3. The maximum absolute atomic E-state index is 12.2. The number of thioether (sulfide) groups is 1. The predicted molar refractivity (Wildman–Crippen MR) is 108 cm³/mol. The summed E-state index contributed by atoms with van der Waals surface area (Å²) in [5.41, 5.74) is 0.390. The van der Waals surface area contributed by atoms with E-state index in [1.54, 1.807) is 24.3 Å². The monoisotopic (exact) mass is 400 g/mol. The Balaban J connectivity index is 1.60. The van der Waals surface area contributed by atoms with Crippen molar-refractivity contribution in [2.45, 2.75) is 4.90 Å². The molecule has 0 saturated heterocycles. The Kier molecular flexibility index (Phi) is 6.37. The first-order chi connectivity index (χ1) is 13.1. The average Bonchev–Trinajstić information content (AvgIpc) is 2.70. The second-order valence-electron chi connectivity index (χ2n) is 5.67. The minimum absolute atomic E-state index is 0.0868. The average molecular weight is 401 g/mol. The number of halogens is 1. The number of ketones is 1. The van der Waals surface area contributed by atoms with Crippen molar-refractivity contribution >= 4 is 45.9 Å². The number of Topliss-reactive ketones (excluding diaryl/α,β-unsaturated/α-hetero) is 1. The molecule has 3 rings (SSSR count). The standard InChI is InChI=1S/C21H17ClO4S/c1-25-18-10-3-2-8-15(18)17(23)12-26-20(24)13-27-19-11-5-7-14-6-4-9-16(22)21(14)19/h2-11H,12-13H2,1H3. The molecule has 138 valence electrons. The first kappa shape index (κ1) is 19.3. The zero-order chi connectivity index (χ0) is 19.2. The Hall–Kier alpha value is -2.50. The van der Waals surface area contributed by atoms with Gasteiger partial charge < -0.3 is 9.47 Å². The van der Waals surface area contributed by atoms with Gasteiger partial charge in [-0.3, -0.25) is 9.59 Å². The smallest absolute Gasteiger partial charge is 0.316 e. The first-order valence-electron chi connectivity index (χ1n) is 8.22. The number of ether oxygens (including phenoxy) is 2. The highest BCUT2D eigenvalue weighted by atomic mass is 35.5. The Labute approximate surface area is 166 Å². The minimum atomic E-state index is -0.465. The Morgan fingerprint density at radius 2 is 1.74 bits per heavy atom. The van der Waals surface area contributed by atoms with Crippen LogP contribution in [0.5, 0.6) is 5.75 Å². The van der Waals surface area contributed by atoms with E-state index in [1.165, 1.54) is 18.9 Å². The number of fused-ring (bicyclic) bond motifs is 1. The molecular weight excluding hydrogens is 384 g/mol. The van der Waals surface area contributed by atoms with Crippen LogP contribution in [-0.2, 0) is 9.53 Å². The third-order valence-corrected chi connectivity index (χ3v) is 5.28. The highest BCUT2D eigenvalue weighted by Gasteiger charge is 2.15. The number of benzene rings is 3. The molecule has 0 fully saturated rings. The van der Waals surface area contributed by atoms with Gasteiger partial charge in [0.1, 0.15) is 5.75 Å². The fourth-order valence-corrected chi connectivity index (χ4v) is 3.90. The van der Waals surface area contributed by atoms with Gasteiger partial charge in [0.05, 0.1) is 18.4 Å². The number of carbonyl (C=O) groups is 2. The van der Waals surface area contributed by atoms with Crippen molar-refractivity contribution in [2.24, 2.45) is 0 Å². The van der Waals surface area contributed by atoms with E-state index in [-0.39, 0.29) is 18.1 Å². The van der Waals surface area contributed by atoms with Crippen molar-refractivity contribution in [1.29, 1.82) is 0 Å². The molecule has 0 aliphatic rings. The first-order valence-corrected chi connectivity index (χ1v) is 9.58. The van der Waals surface area contributed by atoms with Gasteiger partial charge in [0.2, 0.25) is 5.78 Å². The van der Waals surface area contributed by atoms with Gasteiger partial charge >= 0.3 is 5.97 Å². The van der Waals surface area contributed by atoms with Crippen molar-refractivity contribution < 1.29 is 19.1 Å². The van der Waals surface area contributed by atoms with Crippen LogP contribution in [0.1, 0.15) is 10.4 Å². The summed E-state index contributed by atoms with van der Waals surface area (Å²) >= 11 is 7.62. The van der Waals surface area contributed by atoms with Crippen molar-refractivity contribution in [2.75, 3.05) is 19.5 Å². The van der Waals surface area contributed by atoms with Crippen LogP contribution in [0.25, 0.3) is 10.8 Å². The van der Waals surface area contributed by atoms with E-state index < -0.39 is 5.97 Å². The van der Waals surface area contributed by atoms with Crippen LogP contribution < -0.4 is 4.74 Å². The van der Waals surface area contributed by atoms with E-state index in [9.17, 15) is 9.59 Å². The Bertz CT molecular complexity index is 982. The molecule has 3 aromatic carbocycles. The molecule has 0 amide bonds. The summed E-state index contributed by atoms with van der Waals surface area (Å²) < 4.78 is 10.3. The van der Waals surface area contributed by atoms with Crippen LogP contribution in [-0.4, -0.2) is 31.2 Å². The largest absolute Gasteiger partial charge is 0.496 e. The van der Waals surface area contributed by atoms with Gasteiger partial charge in [-0.2, -0.15) is 0 Å². The summed E-state index contributed by atoms with van der Waals surface area (Å²) in [4.78, 5) is 25.2. The molecule has 6 heteroatoms. The lowest BCUT2D eigenvalue weighted by molar-refractivity contribution is -0.139. The van der Waals surface area contributed by atoms with Crippen LogP contribution in [0.15, 0.2) is 65.6 Å². The van der Waals surface area contributed by atoms with Crippen LogP contribution >= 0.6 is 23.4 Å². The van der Waals surface area contributed by atoms with Gasteiger partial charge in [-0.05, 0) is 29.7 Å². The fourth-order valence-electron chi connectivity index (χ4n) is 2.66. The SMILES string of the molecule is COc1ccccc1C(=O)COC(=O)CSc1cccc2cccc(Cl)c12. The lowest BCUT2D eigenvalue weighted by atomic mass is 10.1. The number of methoxy groups -OCH3 is 1. The molecule has 0 aromatic heterocycles. The molecule has 0 spiro atoms. The number of carbonyl (C=O) groups excluding carboxylic acids is 2. The summed E-state index contributed by atoms with van der Waals surface area (Å²) in [6.07, 6.45) is 0. The van der Waals surface area contributed by atoms with E-state index in [0.29, 0.717) is 16.3 Å². The number of hydrogen-bond donors (Lipinski definition) is 0. The van der Waals surface area contributed by atoms with Crippen LogP contribution in [0.2, 0.25) is 5.02 Å². The topological polar surface area (TPSA) is 52.6 Å². The molecular formula is C21H17ClO4S. The molecule has 0 unspecified atom stereocenters. The van der Waals surface area contributed by atoms with Crippen LogP contribution in [0.4, 0.5) is 0 Å². The van der Waals surface area contributed by atoms with Crippen LogP contribution in [0.3, 0.4) is 0 Å². The van der Waals surface area contributed by atoms with Gasteiger partial charge in [-0.15, -0.1) is 11.8 Å². The lowest BCUT2D eigenvalue weighted by Crippen LogP contribution is -2.16. The van der Waals surface area contributed by atoms with E-state index in [1.807, 2.05) is 36.4 Å². The quantitative estimate of drug-likeness (QED) is 0.316. The zero-order valence-corrected chi connectivity index (χ0v) is 16.2. The maximum atomic E-state index is 12.2. The molecule has 0 N–H and O–H groups in total. The number of esters is 1. The Morgan fingerprint density at radius 3 is 2.52 bits per heavy atom. The van der Waals surface area contributed by atoms with Crippen molar-refractivity contribution in [3.05, 3.63) is 71.2 Å². The molecule has 4 nitrogen and oxygen atoms in total. The highest BCUT2D eigenvalue weighted by molar-refractivity contribution is 8.00. The highest BCUT2D eigenvalue weighted by Crippen LogP contribution is 2.33. The van der Waals surface area contributed by atoms with Gasteiger partial charge in [0.25, 0.3) is 0 Å². The minimum Gasteiger partial charge on any atom is -0.496 e. The molecule has 0 heterocycles. The van der Waals surface area contributed by atoms with E-state index in [2.05, 4.69) is 0 Å². The molecule has 0 saturated carbocycles. The van der Waals surface area contributed by atoms with Gasteiger partial charge in [0.15, 0.2) is 6.61 Å². The summed E-state index contributed by atoms with van der Waals surface area (Å²) in [5, 5.41) is 2.55. The van der Waals surface area contributed by atoms with Crippen molar-refractivity contribution in [3.63, 3.8) is 0 Å². The molecule has 0 aliphatic heterocycles. The summed E-state index contributed by atoms with van der Waals surface area (Å²) in [5.74, 6) is -0.228. The Morgan fingerprint density at radius 1 is 1.00 bits per heavy atom. The summed E-state index contributed by atoms with van der Waals surface area (Å²) in [6.45, 7) is -0.323. The zero-order valence-electron chi connectivity index (χ0n) is 14.6. The molecule has 0 atom stereocenters. The molecule has 0 bridgehead atoms. The van der Waals surface area contributed by atoms with Crippen molar-refractivity contribution in [1.82, 2.24) is 0 Å². The second kappa shape index (κ2) is 8.93. The second-order valence-corrected chi connectivity index (χ2v) is 7.09. The van der Waals surface area contributed by atoms with Gasteiger partial charge in [0, 0.05) is 15.3 Å². The van der Waals surface area contributed by atoms with Gasteiger partial charge in [-0.25, -0.2) is 0 Å². The molecule has 0 aliphatic carbocycles. The normalized spacial score (nSPS) is 10.6. The number of hydrogen-bond acceptors (Lipinski definition) is 5. The predicted octanol–water partition coefficient (Wildman–Crippen LogP) is 5.02. The third-order valence-electron chi connectivity index (χ3n) is 3.93. The maximum Gasteiger partial charge on any atom is 0.316 e. The summed E-state index contributed by atoms with van der Waals surface area (Å²) in [7, 11) is 1.49. The molecule has 27 heavy (non-hydrogen) atoms. The van der Waals surface area contributed by atoms with E-state index >= 15 is 0 Å². The lowest BCUT2D eigenvalue weighted by Gasteiger charge is -2.09.